The van der Waals surface area contributed by atoms with Crippen molar-refractivity contribution >= 4 is 5.97 Å². The number of hydrogen-bond donors (Lipinski definition) is 0. The van der Waals surface area contributed by atoms with Crippen LogP contribution in [-0.4, -0.2) is 17.1 Å². The Bertz CT molecular complexity index is 490. The third kappa shape index (κ3) is 2.81. The monoisotopic (exact) mass is 249 g/mol. The highest BCUT2D eigenvalue weighted by atomic mass is 16.5. The normalized spacial score (nSPS) is 13.4. The van der Waals surface area contributed by atoms with Crippen LogP contribution in [0.1, 0.15) is 37.4 Å². The van der Waals surface area contributed by atoms with Crippen molar-refractivity contribution in [2.45, 2.75) is 45.6 Å². The summed E-state index contributed by atoms with van der Waals surface area (Å²) in [4.78, 5) is 23.5. The highest BCUT2D eigenvalue weighted by molar-refractivity contribution is 5.69. The second kappa shape index (κ2) is 5.85. The van der Waals surface area contributed by atoms with Crippen LogP contribution in [0.2, 0.25) is 0 Å². The van der Waals surface area contributed by atoms with Gasteiger partial charge in [-0.05, 0) is 31.2 Å². The van der Waals surface area contributed by atoms with Gasteiger partial charge in [0, 0.05) is 11.8 Å². The molecule has 98 valence electrons. The van der Waals surface area contributed by atoms with E-state index >= 15 is 0 Å². The van der Waals surface area contributed by atoms with Gasteiger partial charge in [0.05, 0.1) is 6.61 Å². The van der Waals surface area contributed by atoms with Gasteiger partial charge in [-0.3, -0.25) is 9.59 Å². The Balaban J connectivity index is 2.07. The molecule has 0 N–H and O–H groups in total. The highest BCUT2D eigenvalue weighted by Gasteiger charge is 2.17. The summed E-state index contributed by atoms with van der Waals surface area (Å²) in [6.45, 7) is 2.53. The predicted octanol–water partition coefficient (Wildman–Crippen LogP) is 1.68. The Labute approximate surface area is 107 Å². The quantitative estimate of drug-likeness (QED) is 0.589. The molecule has 0 fully saturated rings. The number of nitrogens with zero attached hydrogens (tertiary/aromatic N) is 1. The summed E-state index contributed by atoms with van der Waals surface area (Å²) >= 11 is 0. The molecule has 1 heterocycles. The van der Waals surface area contributed by atoms with Crippen molar-refractivity contribution in [3.63, 3.8) is 0 Å². The van der Waals surface area contributed by atoms with Gasteiger partial charge in [-0.1, -0.05) is 19.4 Å². The van der Waals surface area contributed by atoms with E-state index in [9.17, 15) is 9.59 Å². The molecule has 18 heavy (non-hydrogen) atoms. The number of fused-ring (bicyclic) bond motifs is 1. The van der Waals surface area contributed by atoms with Crippen molar-refractivity contribution in [1.82, 2.24) is 4.57 Å². The van der Waals surface area contributed by atoms with Gasteiger partial charge in [-0.15, -0.1) is 0 Å². The Morgan fingerprint density at radius 3 is 3.00 bits per heavy atom. The summed E-state index contributed by atoms with van der Waals surface area (Å²) in [5, 5.41) is 0. The van der Waals surface area contributed by atoms with Crippen LogP contribution in [0.15, 0.2) is 16.9 Å². The zero-order chi connectivity index (χ0) is 13.0. The molecule has 0 bridgehead atoms. The molecule has 0 unspecified atom stereocenters. The molecule has 1 aromatic rings. The average Bonchev–Trinajstić information content (AvgIpc) is 2.82. The zero-order valence-corrected chi connectivity index (χ0v) is 10.8. The van der Waals surface area contributed by atoms with Crippen LogP contribution >= 0.6 is 0 Å². The molecule has 0 radical (unpaired) electrons. The van der Waals surface area contributed by atoms with Crippen molar-refractivity contribution in [1.29, 1.82) is 0 Å². The smallest absolute Gasteiger partial charge is 0.326 e. The number of aryl methyl sites for hydroxylation is 1. The van der Waals surface area contributed by atoms with E-state index in [2.05, 4.69) is 0 Å². The van der Waals surface area contributed by atoms with E-state index < -0.39 is 0 Å². The lowest BCUT2D eigenvalue weighted by molar-refractivity contribution is -0.144. The van der Waals surface area contributed by atoms with E-state index in [4.69, 9.17) is 4.74 Å². The van der Waals surface area contributed by atoms with Gasteiger partial charge >= 0.3 is 5.97 Å². The molecule has 4 nitrogen and oxygen atoms in total. The maximum atomic E-state index is 11.8. The Morgan fingerprint density at radius 1 is 1.39 bits per heavy atom. The summed E-state index contributed by atoms with van der Waals surface area (Å²) in [5.41, 5.74) is 2.09. The van der Waals surface area contributed by atoms with E-state index in [1.807, 2.05) is 13.0 Å². The second-order valence-electron chi connectivity index (χ2n) is 4.66. The number of hydrogen-bond acceptors (Lipinski definition) is 3. The van der Waals surface area contributed by atoms with Crippen LogP contribution in [0, 0.1) is 0 Å². The van der Waals surface area contributed by atoms with Gasteiger partial charge in [0.15, 0.2) is 0 Å². The maximum absolute atomic E-state index is 11.8. The summed E-state index contributed by atoms with van der Waals surface area (Å²) < 4.78 is 6.67. The number of aromatic nitrogens is 1. The number of rotatable bonds is 5. The van der Waals surface area contributed by atoms with Crippen molar-refractivity contribution in [2.24, 2.45) is 0 Å². The lowest BCUT2D eigenvalue weighted by Gasteiger charge is -2.11. The molecule has 0 aromatic carbocycles. The number of unbranched alkanes of at least 4 members (excludes halogenated alkanes) is 1. The minimum Gasteiger partial charge on any atom is -0.464 e. The van der Waals surface area contributed by atoms with E-state index in [1.165, 1.54) is 5.56 Å². The van der Waals surface area contributed by atoms with Crippen LogP contribution in [0.3, 0.4) is 0 Å². The zero-order valence-electron chi connectivity index (χ0n) is 10.8. The van der Waals surface area contributed by atoms with Crippen molar-refractivity contribution in [2.75, 3.05) is 6.61 Å². The second-order valence-corrected chi connectivity index (χ2v) is 4.66. The molecule has 1 aromatic heterocycles. The van der Waals surface area contributed by atoms with Gasteiger partial charge in [-0.25, -0.2) is 0 Å². The third-order valence-corrected chi connectivity index (χ3v) is 3.30. The third-order valence-electron chi connectivity index (χ3n) is 3.30. The standard InChI is InChI=1S/C14H19NO3/c1-2-3-9-18-14(17)10-15-12-6-4-5-11(12)7-8-13(15)16/h7-8H,2-6,9-10H2,1H3. The highest BCUT2D eigenvalue weighted by Crippen LogP contribution is 2.19. The topological polar surface area (TPSA) is 48.3 Å². The van der Waals surface area contributed by atoms with Crippen molar-refractivity contribution in [3.8, 4) is 0 Å². The summed E-state index contributed by atoms with van der Waals surface area (Å²) in [5.74, 6) is -0.314. The molecule has 1 aliphatic rings. The van der Waals surface area contributed by atoms with Gasteiger partial charge in [-0.2, -0.15) is 0 Å². The molecular weight excluding hydrogens is 230 g/mol. The van der Waals surface area contributed by atoms with E-state index in [1.54, 1.807) is 10.6 Å². The predicted molar refractivity (Wildman–Crippen MR) is 68.6 cm³/mol. The number of ether oxygens (including phenoxy) is 1. The number of carbonyl (C=O) groups is 1. The minimum atomic E-state index is -0.314. The average molecular weight is 249 g/mol. The number of pyridine rings is 1. The van der Waals surface area contributed by atoms with Crippen LogP contribution in [0.25, 0.3) is 0 Å². The Hall–Kier alpha value is -1.58. The molecule has 4 heteroatoms. The molecule has 0 amide bonds. The van der Waals surface area contributed by atoms with Gasteiger partial charge in [0.25, 0.3) is 5.56 Å². The SMILES string of the molecule is CCCCOC(=O)Cn1c2c(ccc1=O)CCC2. The first-order valence-corrected chi connectivity index (χ1v) is 6.59. The van der Waals surface area contributed by atoms with Gasteiger partial charge in [0.1, 0.15) is 6.54 Å². The van der Waals surface area contributed by atoms with Crippen molar-refractivity contribution < 1.29 is 9.53 Å². The first-order chi connectivity index (χ1) is 8.72. The van der Waals surface area contributed by atoms with Crippen LogP contribution in [0.5, 0.6) is 0 Å². The van der Waals surface area contributed by atoms with Crippen LogP contribution in [0.4, 0.5) is 0 Å². The van der Waals surface area contributed by atoms with Gasteiger partial charge in [0.2, 0.25) is 0 Å². The molecule has 0 atom stereocenters. The number of carbonyl (C=O) groups excluding carboxylic acids is 1. The molecule has 0 spiro atoms. The van der Waals surface area contributed by atoms with Crippen molar-refractivity contribution in [3.05, 3.63) is 33.7 Å². The summed E-state index contributed by atoms with van der Waals surface area (Å²) in [6, 6.07) is 3.42. The largest absolute Gasteiger partial charge is 0.464 e. The lowest BCUT2D eigenvalue weighted by atomic mass is 10.2. The Kier molecular flexibility index (Phi) is 4.18. The van der Waals surface area contributed by atoms with Crippen LogP contribution < -0.4 is 5.56 Å². The molecular formula is C14H19NO3. The fourth-order valence-electron chi connectivity index (χ4n) is 2.31. The Morgan fingerprint density at radius 2 is 2.22 bits per heavy atom. The first-order valence-electron chi connectivity index (χ1n) is 6.59. The van der Waals surface area contributed by atoms with E-state index in [0.29, 0.717) is 6.61 Å². The first kappa shape index (κ1) is 12.9. The van der Waals surface area contributed by atoms with E-state index in [-0.39, 0.29) is 18.1 Å². The minimum absolute atomic E-state index is 0.0473. The number of esters is 1. The fourth-order valence-corrected chi connectivity index (χ4v) is 2.31. The molecule has 2 rings (SSSR count). The lowest BCUT2D eigenvalue weighted by Crippen LogP contribution is -2.27. The molecule has 0 saturated heterocycles. The fraction of sp³-hybridized carbons (Fsp3) is 0.571. The van der Waals surface area contributed by atoms with E-state index in [0.717, 1.165) is 37.8 Å². The summed E-state index contributed by atoms with van der Waals surface area (Å²) in [6.07, 6.45) is 4.80. The maximum Gasteiger partial charge on any atom is 0.326 e. The summed E-state index contributed by atoms with van der Waals surface area (Å²) in [7, 11) is 0. The molecule has 0 saturated carbocycles. The van der Waals surface area contributed by atoms with Gasteiger partial charge < -0.3 is 9.30 Å². The molecule has 1 aliphatic carbocycles. The van der Waals surface area contributed by atoms with Crippen LogP contribution in [-0.2, 0) is 28.9 Å². The molecule has 0 aliphatic heterocycles.